The van der Waals surface area contributed by atoms with Crippen LogP contribution >= 0.6 is 15.3 Å². The van der Waals surface area contributed by atoms with Gasteiger partial charge in [0, 0.05) is 64.4 Å². The zero-order valence-corrected chi connectivity index (χ0v) is 25.7. The predicted octanol–water partition coefficient (Wildman–Crippen LogP) is -0.779. The van der Waals surface area contributed by atoms with Crippen molar-refractivity contribution in [2.75, 3.05) is 101 Å². The van der Waals surface area contributed by atoms with Crippen LogP contribution in [-0.4, -0.2) is 185 Å². The molecule has 3 fully saturated rings. The van der Waals surface area contributed by atoms with Crippen molar-refractivity contribution >= 4 is 38.9 Å². The second-order valence-electron chi connectivity index (χ2n) is 10.6. The van der Waals surface area contributed by atoms with Crippen LogP contribution in [0.25, 0.3) is 0 Å². The second kappa shape index (κ2) is 14.6. The molecule has 18 heteroatoms. The number of hydrogen-bond donors (Lipinski definition) is 0. The Bertz CT molecular complexity index is 873. The van der Waals surface area contributed by atoms with Crippen LogP contribution in [0, 0.1) is 0 Å². The third kappa shape index (κ3) is 8.86. The fraction of sp³-hybridized carbons (Fsp3) is 1.00. The summed E-state index contributed by atoms with van der Waals surface area (Å²) in [6.07, 6.45) is -1.29. The molecule has 0 aromatic rings. The Labute approximate surface area is 237 Å². The average molecular weight is 587 g/mol. The summed E-state index contributed by atoms with van der Waals surface area (Å²) in [5, 5.41) is 0. The Morgan fingerprint density at radius 1 is 0.692 bits per heavy atom. The second-order valence-corrected chi connectivity index (χ2v) is 15.8. The molecule has 0 N–H and O–H groups in total. The van der Waals surface area contributed by atoms with E-state index in [0.29, 0.717) is 26.2 Å². The van der Waals surface area contributed by atoms with Crippen molar-refractivity contribution in [2.24, 2.45) is 0 Å². The Morgan fingerprint density at radius 2 is 1.08 bits per heavy atom. The van der Waals surface area contributed by atoms with E-state index in [9.17, 15) is 9.13 Å². The molecule has 3 rings (SSSR count). The Balaban J connectivity index is 1.67. The highest BCUT2D eigenvalue weighted by Crippen LogP contribution is 2.55. The number of methoxy groups -OCH3 is 1. The third-order valence-electron chi connectivity index (χ3n) is 6.65. The molecule has 0 aromatic heterocycles. The molecule has 6 radical (unpaired) electrons. The molecule has 0 aliphatic carbocycles. The van der Waals surface area contributed by atoms with Crippen LogP contribution in [0.4, 0.5) is 0 Å². The van der Waals surface area contributed by atoms with Gasteiger partial charge in [0.2, 0.25) is 0 Å². The van der Waals surface area contributed by atoms with Gasteiger partial charge in [0.15, 0.2) is 0 Å². The molecule has 0 saturated carbocycles. The van der Waals surface area contributed by atoms with Crippen LogP contribution in [0.5, 0.6) is 0 Å². The molecule has 39 heavy (non-hydrogen) atoms. The highest BCUT2D eigenvalue weighted by molar-refractivity contribution is 7.54. The van der Waals surface area contributed by atoms with E-state index in [1.165, 1.54) is 4.67 Å². The lowest BCUT2D eigenvalue weighted by Gasteiger charge is -2.44. The van der Waals surface area contributed by atoms with Crippen molar-refractivity contribution in [1.82, 2.24) is 23.6 Å². The normalized spacial score (nSPS) is 35.2. The number of hydrogen-bond acceptors (Lipinski definition) is 9. The first kappa shape index (κ1) is 33.7. The lowest BCUT2D eigenvalue weighted by molar-refractivity contribution is -0.0729. The summed E-state index contributed by atoms with van der Waals surface area (Å²) in [7, 11) is 21.4. The predicted molar refractivity (Wildman–Crippen MR) is 150 cm³/mol. The fourth-order valence-electron chi connectivity index (χ4n) is 4.90. The smallest absolute Gasteiger partial charge is 0.345 e. The van der Waals surface area contributed by atoms with E-state index in [-0.39, 0.29) is 45.1 Å². The minimum atomic E-state index is -3.51. The summed E-state index contributed by atoms with van der Waals surface area (Å²) in [6.45, 7) is 2.48. The van der Waals surface area contributed by atoms with Crippen LogP contribution in [0.1, 0.15) is 0 Å². The molecule has 3 heterocycles. The summed E-state index contributed by atoms with van der Waals surface area (Å²) in [5.41, 5.74) is 0. The van der Waals surface area contributed by atoms with E-state index in [2.05, 4.69) is 0 Å². The quantitative estimate of drug-likeness (QED) is 0.211. The van der Waals surface area contributed by atoms with Crippen molar-refractivity contribution in [2.45, 2.75) is 36.3 Å². The fourth-order valence-corrected chi connectivity index (χ4v) is 8.93. The molecule has 8 unspecified atom stereocenters. The maximum Gasteiger partial charge on any atom is 0.345 e. The van der Waals surface area contributed by atoms with Gasteiger partial charge < -0.3 is 32.9 Å². The molecule has 13 nitrogen and oxygen atoms in total. The first-order valence-corrected chi connectivity index (χ1v) is 16.1. The lowest BCUT2D eigenvalue weighted by atomic mass is 9.98. The molecular formula is C21H42B3N5O8P2. The number of rotatable bonds is 12. The summed E-state index contributed by atoms with van der Waals surface area (Å²) in [5.74, 6) is 0. The van der Waals surface area contributed by atoms with Gasteiger partial charge in [0.05, 0.1) is 38.1 Å². The molecule has 3 saturated heterocycles. The van der Waals surface area contributed by atoms with Gasteiger partial charge in [-0.15, -0.1) is 0 Å². The summed E-state index contributed by atoms with van der Waals surface area (Å²) < 4.78 is 69.3. The minimum absolute atomic E-state index is 0.0555. The number of likely N-dealkylation sites (N-methyl/N-ethyl adjacent to an activating group) is 1. The summed E-state index contributed by atoms with van der Waals surface area (Å²) in [6, 6.07) is -1.83. The summed E-state index contributed by atoms with van der Waals surface area (Å²) >= 11 is 0. The lowest BCUT2D eigenvalue weighted by Crippen LogP contribution is -2.51. The SMILES string of the molecule is [B]C1CN(C)CC(COP(=O)(N(C)C)N2CC([B])OC(COP(=O)(N(C)C)N3CC([B])OC(COC)C3)C2)O1. The van der Waals surface area contributed by atoms with Gasteiger partial charge in [0.25, 0.3) is 0 Å². The van der Waals surface area contributed by atoms with Gasteiger partial charge in [0.1, 0.15) is 23.5 Å². The maximum atomic E-state index is 14.1. The topological polar surface area (TPSA) is 106 Å². The van der Waals surface area contributed by atoms with E-state index in [1.54, 1.807) is 49.3 Å². The van der Waals surface area contributed by atoms with E-state index in [4.69, 9.17) is 51.5 Å². The molecule has 0 spiro atoms. The maximum absolute atomic E-state index is 14.1. The molecule has 3 aliphatic heterocycles. The van der Waals surface area contributed by atoms with Crippen LogP contribution in [0.3, 0.4) is 0 Å². The Kier molecular flexibility index (Phi) is 12.6. The third-order valence-corrected chi connectivity index (χ3v) is 11.7. The minimum Gasteiger partial charge on any atom is -0.382 e. The van der Waals surface area contributed by atoms with Crippen molar-refractivity contribution in [3.8, 4) is 0 Å². The number of morpholine rings is 3. The van der Waals surface area contributed by atoms with E-state index < -0.39 is 39.5 Å². The van der Waals surface area contributed by atoms with Crippen LogP contribution in [0.2, 0.25) is 0 Å². The van der Waals surface area contributed by atoms with Crippen molar-refractivity contribution < 1.29 is 37.1 Å². The van der Waals surface area contributed by atoms with Gasteiger partial charge in [-0.25, -0.2) is 18.7 Å². The first-order chi connectivity index (χ1) is 18.3. The standard InChI is InChI=1S/C21H42B3N5O8P2/c1-25(2)38(30,28-8-17(13-32-6)36-20(23)11-28)34-15-18-9-29(12-21(24)37-18)39(31,26(3)4)33-14-16-7-27(5)10-19(22)35-16/h16-21H,7-15H2,1-6H3. The van der Waals surface area contributed by atoms with E-state index >= 15 is 0 Å². The van der Waals surface area contributed by atoms with Crippen molar-refractivity contribution in [1.29, 1.82) is 0 Å². The molecule has 218 valence electrons. The highest BCUT2D eigenvalue weighted by Gasteiger charge is 2.44. The number of nitrogens with zero attached hydrogens (tertiary/aromatic N) is 5. The van der Waals surface area contributed by atoms with Gasteiger partial charge in [-0.05, 0) is 35.2 Å². The van der Waals surface area contributed by atoms with Gasteiger partial charge >= 0.3 is 15.3 Å². The van der Waals surface area contributed by atoms with Crippen LogP contribution < -0.4 is 0 Å². The molecule has 0 amide bonds. The van der Waals surface area contributed by atoms with Crippen LogP contribution in [-0.2, 0) is 37.1 Å². The van der Waals surface area contributed by atoms with Gasteiger partial charge in [-0.3, -0.25) is 9.13 Å². The average Bonchev–Trinajstić information content (AvgIpc) is 2.84. The van der Waals surface area contributed by atoms with E-state index in [0.717, 1.165) is 0 Å². The largest absolute Gasteiger partial charge is 0.382 e. The monoisotopic (exact) mass is 587 g/mol. The first-order valence-electron chi connectivity index (χ1n) is 13.0. The molecule has 0 aromatic carbocycles. The molecule has 3 aliphatic rings. The zero-order chi connectivity index (χ0) is 29.0. The van der Waals surface area contributed by atoms with Gasteiger partial charge in [-0.2, -0.15) is 0 Å². The Hall–Kier alpha value is 0.215. The van der Waals surface area contributed by atoms with E-state index in [1.807, 2.05) is 11.9 Å². The van der Waals surface area contributed by atoms with Crippen molar-refractivity contribution in [3.63, 3.8) is 0 Å². The highest BCUT2D eigenvalue weighted by atomic mass is 31.2. The Morgan fingerprint density at radius 3 is 1.46 bits per heavy atom. The van der Waals surface area contributed by atoms with Crippen LogP contribution in [0.15, 0.2) is 0 Å². The van der Waals surface area contributed by atoms with Crippen molar-refractivity contribution in [3.05, 3.63) is 0 Å². The summed E-state index contributed by atoms with van der Waals surface area (Å²) in [4.78, 5) is 2.04. The van der Waals surface area contributed by atoms with Gasteiger partial charge in [-0.1, -0.05) is 0 Å². The molecular weight excluding hydrogens is 545 g/mol. The molecule has 8 atom stereocenters. The zero-order valence-electron chi connectivity index (χ0n) is 24.0. The molecule has 0 bridgehead atoms. The number of ether oxygens (including phenoxy) is 4.